The summed E-state index contributed by atoms with van der Waals surface area (Å²) in [5, 5.41) is 0.631. The summed E-state index contributed by atoms with van der Waals surface area (Å²) >= 11 is 0. The highest BCUT2D eigenvalue weighted by Crippen LogP contribution is 2.48. The van der Waals surface area contributed by atoms with Crippen molar-refractivity contribution in [3.05, 3.63) is 30.3 Å². The fourth-order valence-corrected chi connectivity index (χ4v) is 3.67. The van der Waals surface area contributed by atoms with Crippen LogP contribution in [0.3, 0.4) is 0 Å². The lowest BCUT2D eigenvalue weighted by Crippen LogP contribution is -2.34. The number of likely N-dealkylation sites (tertiary alicyclic amines) is 1. The quantitative estimate of drug-likeness (QED) is 0.786. The molecule has 1 saturated heterocycles. The van der Waals surface area contributed by atoms with Crippen molar-refractivity contribution >= 4 is 12.9 Å². The number of benzene rings is 1. The van der Waals surface area contributed by atoms with Gasteiger partial charge in [0.05, 0.1) is 11.4 Å². The predicted octanol–water partition coefficient (Wildman–Crippen LogP) is 2.26. The van der Waals surface area contributed by atoms with E-state index in [0.717, 1.165) is 25.9 Å². The Bertz CT molecular complexity index is 416. The third-order valence-corrected chi connectivity index (χ3v) is 5.25. The summed E-state index contributed by atoms with van der Waals surface area (Å²) in [6.07, 6.45) is 1.82. The smallest absolute Gasteiger partial charge is 0.309 e. The second-order valence-electron chi connectivity index (χ2n) is 4.62. The summed E-state index contributed by atoms with van der Waals surface area (Å²) in [5.74, 6) is 0. The van der Waals surface area contributed by atoms with Crippen LogP contribution in [-0.4, -0.2) is 38.3 Å². The molecule has 0 bridgehead atoms. The molecule has 1 aliphatic rings. The van der Waals surface area contributed by atoms with Crippen LogP contribution in [-0.2, 0) is 13.6 Å². The molecule has 100 valence electrons. The molecular weight excluding hydrogens is 249 g/mol. The van der Waals surface area contributed by atoms with Gasteiger partial charge in [-0.05, 0) is 32.0 Å². The Hall–Kier alpha value is -0.670. The predicted molar refractivity (Wildman–Crippen MR) is 72.3 cm³/mol. The van der Waals surface area contributed by atoms with E-state index < -0.39 is 7.60 Å². The molecule has 0 radical (unpaired) electrons. The van der Waals surface area contributed by atoms with Gasteiger partial charge >= 0.3 is 7.60 Å². The van der Waals surface area contributed by atoms with Crippen LogP contribution in [0.2, 0.25) is 0 Å². The molecule has 1 aromatic rings. The minimum atomic E-state index is -3.16. The van der Waals surface area contributed by atoms with E-state index in [1.54, 1.807) is 12.1 Å². The topological polar surface area (TPSA) is 38.8 Å². The van der Waals surface area contributed by atoms with Crippen molar-refractivity contribution in [1.29, 1.82) is 0 Å². The van der Waals surface area contributed by atoms with Gasteiger partial charge in [-0.15, -0.1) is 0 Å². The molecule has 1 aromatic carbocycles. The Balaban J connectivity index is 2.07. The van der Waals surface area contributed by atoms with Crippen LogP contribution < -0.4 is 5.30 Å². The van der Waals surface area contributed by atoms with Crippen LogP contribution in [0.1, 0.15) is 12.8 Å². The maximum Gasteiger partial charge on any atom is 0.361 e. The molecular formula is C13H20NO3P. The van der Waals surface area contributed by atoms with Gasteiger partial charge in [-0.25, -0.2) is 0 Å². The number of hydrogen-bond acceptors (Lipinski definition) is 4. The Morgan fingerprint density at radius 1 is 1.22 bits per heavy atom. The highest BCUT2D eigenvalue weighted by molar-refractivity contribution is 7.62. The molecule has 2 rings (SSSR count). The number of rotatable bonds is 4. The van der Waals surface area contributed by atoms with E-state index in [0.29, 0.717) is 5.30 Å². The first-order valence-corrected chi connectivity index (χ1v) is 7.76. The first-order chi connectivity index (χ1) is 8.64. The highest BCUT2D eigenvalue weighted by atomic mass is 31.2. The molecule has 4 nitrogen and oxygen atoms in total. The fourth-order valence-electron chi connectivity index (χ4n) is 2.11. The Morgan fingerprint density at radius 3 is 2.39 bits per heavy atom. The SMILES string of the molecule is COP(=O)(OC1CCN(C)CC1)c1ccccc1. The molecule has 5 heteroatoms. The zero-order valence-electron chi connectivity index (χ0n) is 10.9. The molecule has 0 N–H and O–H groups in total. The average Bonchev–Trinajstić information content (AvgIpc) is 2.42. The average molecular weight is 269 g/mol. The first kappa shape index (κ1) is 13.8. The van der Waals surface area contributed by atoms with Crippen LogP contribution in [0.25, 0.3) is 0 Å². The maximum absolute atomic E-state index is 12.7. The molecule has 1 heterocycles. The number of piperidine rings is 1. The van der Waals surface area contributed by atoms with Crippen LogP contribution in [0.5, 0.6) is 0 Å². The summed E-state index contributed by atoms with van der Waals surface area (Å²) in [6.45, 7) is 1.95. The molecule has 1 aliphatic heterocycles. The maximum atomic E-state index is 12.7. The normalized spacial score (nSPS) is 21.7. The zero-order valence-corrected chi connectivity index (χ0v) is 11.8. The first-order valence-electron chi connectivity index (χ1n) is 6.22. The third kappa shape index (κ3) is 3.21. The van der Waals surface area contributed by atoms with Gasteiger partial charge < -0.3 is 13.9 Å². The molecule has 18 heavy (non-hydrogen) atoms. The van der Waals surface area contributed by atoms with E-state index in [4.69, 9.17) is 9.05 Å². The van der Waals surface area contributed by atoms with Gasteiger partial charge in [0.25, 0.3) is 0 Å². The van der Waals surface area contributed by atoms with Gasteiger partial charge in [0.2, 0.25) is 0 Å². The van der Waals surface area contributed by atoms with Crippen molar-refractivity contribution in [2.75, 3.05) is 27.2 Å². The molecule has 0 amide bonds. The van der Waals surface area contributed by atoms with Gasteiger partial charge in [0.15, 0.2) is 0 Å². The molecule has 1 atom stereocenters. The van der Waals surface area contributed by atoms with E-state index in [1.165, 1.54) is 7.11 Å². The lowest BCUT2D eigenvalue weighted by molar-refractivity contribution is 0.0998. The fraction of sp³-hybridized carbons (Fsp3) is 0.538. The van der Waals surface area contributed by atoms with Crippen molar-refractivity contribution < 1.29 is 13.6 Å². The summed E-state index contributed by atoms with van der Waals surface area (Å²) in [5.41, 5.74) is 0. The van der Waals surface area contributed by atoms with Gasteiger partial charge in [-0.2, -0.15) is 0 Å². The molecule has 0 aliphatic carbocycles. The second kappa shape index (κ2) is 5.98. The van der Waals surface area contributed by atoms with E-state index in [9.17, 15) is 4.57 Å². The largest absolute Gasteiger partial charge is 0.361 e. The second-order valence-corrected chi connectivity index (χ2v) is 6.71. The molecule has 1 unspecified atom stereocenters. The van der Waals surface area contributed by atoms with Crippen molar-refractivity contribution in [3.63, 3.8) is 0 Å². The van der Waals surface area contributed by atoms with Gasteiger partial charge in [-0.1, -0.05) is 18.2 Å². The van der Waals surface area contributed by atoms with E-state index >= 15 is 0 Å². The van der Waals surface area contributed by atoms with Crippen LogP contribution in [0, 0.1) is 0 Å². The summed E-state index contributed by atoms with van der Waals surface area (Å²) in [4.78, 5) is 2.25. The molecule has 1 fully saturated rings. The highest BCUT2D eigenvalue weighted by Gasteiger charge is 2.31. The summed E-state index contributed by atoms with van der Waals surface area (Å²) < 4.78 is 23.6. The minimum absolute atomic E-state index is 0.0205. The third-order valence-electron chi connectivity index (χ3n) is 3.27. The molecule has 0 aromatic heterocycles. The van der Waals surface area contributed by atoms with E-state index in [1.807, 2.05) is 18.2 Å². The Morgan fingerprint density at radius 2 is 1.83 bits per heavy atom. The number of nitrogens with zero attached hydrogens (tertiary/aromatic N) is 1. The van der Waals surface area contributed by atoms with E-state index in [2.05, 4.69) is 11.9 Å². The monoisotopic (exact) mass is 269 g/mol. The standard InChI is InChI=1S/C13H20NO3P/c1-14-10-8-12(9-11-14)17-18(15,16-2)13-6-4-3-5-7-13/h3-7,12H,8-11H2,1-2H3. The van der Waals surface area contributed by atoms with Crippen LogP contribution in [0.15, 0.2) is 30.3 Å². The number of hydrogen-bond donors (Lipinski definition) is 0. The Labute approximate surface area is 108 Å². The van der Waals surface area contributed by atoms with Crippen molar-refractivity contribution in [2.24, 2.45) is 0 Å². The lowest BCUT2D eigenvalue weighted by Gasteiger charge is -2.31. The summed E-state index contributed by atoms with van der Waals surface area (Å²) in [6, 6.07) is 9.16. The van der Waals surface area contributed by atoms with E-state index in [-0.39, 0.29) is 6.10 Å². The van der Waals surface area contributed by atoms with Crippen molar-refractivity contribution in [1.82, 2.24) is 4.90 Å². The van der Waals surface area contributed by atoms with Crippen molar-refractivity contribution in [2.45, 2.75) is 18.9 Å². The molecule has 0 spiro atoms. The molecule has 0 saturated carbocycles. The van der Waals surface area contributed by atoms with Crippen molar-refractivity contribution in [3.8, 4) is 0 Å². The zero-order chi connectivity index (χ0) is 13.0. The Kier molecular flexibility index (Phi) is 4.57. The van der Waals surface area contributed by atoms with Gasteiger partial charge in [0, 0.05) is 20.2 Å². The van der Waals surface area contributed by atoms with Gasteiger partial charge in [-0.3, -0.25) is 4.57 Å². The minimum Gasteiger partial charge on any atom is -0.309 e. The van der Waals surface area contributed by atoms with Gasteiger partial charge in [0.1, 0.15) is 0 Å². The summed E-state index contributed by atoms with van der Waals surface area (Å²) in [7, 11) is 0.374. The van der Waals surface area contributed by atoms with Crippen LogP contribution >= 0.6 is 7.60 Å². The lowest BCUT2D eigenvalue weighted by atomic mass is 10.1. The van der Waals surface area contributed by atoms with Crippen LogP contribution in [0.4, 0.5) is 0 Å².